The lowest BCUT2D eigenvalue weighted by atomic mass is 10.3. The normalized spacial score (nSPS) is 12.9. The lowest BCUT2D eigenvalue weighted by Gasteiger charge is -1.99. The number of nitrogens with zero attached hydrogens (tertiary/aromatic N) is 2. The van der Waals surface area contributed by atoms with Crippen molar-refractivity contribution < 1.29 is 9.15 Å². The Morgan fingerprint density at radius 2 is 2.25 bits per heavy atom. The predicted octanol–water partition coefficient (Wildman–Crippen LogP) is 2.82. The van der Waals surface area contributed by atoms with Crippen molar-refractivity contribution in [1.29, 1.82) is 0 Å². The average molecular weight is 254 g/mol. The van der Waals surface area contributed by atoms with Crippen molar-refractivity contribution in [3.8, 4) is 0 Å². The molecule has 6 heteroatoms. The fraction of sp³-hybridized carbons (Fsp3) is 0.200. The van der Waals surface area contributed by atoms with Crippen molar-refractivity contribution in [2.24, 2.45) is 4.36 Å². The second-order valence-electron chi connectivity index (χ2n) is 2.99. The number of methoxy groups -OCH3 is 1. The van der Waals surface area contributed by atoms with Crippen molar-refractivity contribution >= 4 is 44.4 Å². The molecule has 0 amide bonds. The van der Waals surface area contributed by atoms with Gasteiger partial charge >= 0.3 is 6.01 Å². The molecule has 1 atom stereocenters. The predicted molar refractivity (Wildman–Crippen MR) is 69.0 cm³/mol. The number of rotatable bonds is 1. The standard InChI is InChI=1S/C10H10N2O2S2/c1-13-10(15)16(2)12-9-11-7-5-3-4-6-8(7)14-9/h3-6H,1-2H3. The van der Waals surface area contributed by atoms with Crippen LogP contribution in [0.15, 0.2) is 33.0 Å². The summed E-state index contributed by atoms with van der Waals surface area (Å²) in [5.74, 6) is 0. The number of aromatic nitrogens is 1. The van der Waals surface area contributed by atoms with Crippen molar-refractivity contribution in [2.45, 2.75) is 0 Å². The Hall–Kier alpha value is -1.27. The van der Waals surface area contributed by atoms with Crippen LogP contribution in [0.25, 0.3) is 11.1 Å². The maximum atomic E-state index is 5.45. The minimum atomic E-state index is -0.514. The van der Waals surface area contributed by atoms with Crippen molar-refractivity contribution in [3.05, 3.63) is 24.3 Å². The van der Waals surface area contributed by atoms with E-state index >= 15 is 0 Å². The molecular formula is C10H10N2O2S2. The van der Waals surface area contributed by atoms with Crippen LogP contribution in [0.1, 0.15) is 0 Å². The maximum Gasteiger partial charge on any atom is 0.329 e. The molecule has 0 N–H and O–H groups in total. The third kappa shape index (κ3) is 2.28. The third-order valence-corrected chi connectivity index (χ3v) is 3.87. The van der Waals surface area contributed by atoms with Crippen LogP contribution in [0.2, 0.25) is 0 Å². The molecule has 0 fully saturated rings. The van der Waals surface area contributed by atoms with Gasteiger partial charge in [-0.2, -0.15) is 9.35 Å². The summed E-state index contributed by atoms with van der Waals surface area (Å²) in [4.78, 5) is 4.23. The van der Waals surface area contributed by atoms with Crippen molar-refractivity contribution in [3.63, 3.8) is 0 Å². The van der Waals surface area contributed by atoms with E-state index in [-0.39, 0.29) is 0 Å². The fourth-order valence-corrected chi connectivity index (χ4v) is 1.91. The van der Waals surface area contributed by atoms with Crippen LogP contribution in [0.4, 0.5) is 6.01 Å². The Labute approximate surface area is 101 Å². The Kier molecular flexibility index (Phi) is 3.31. The van der Waals surface area contributed by atoms with Crippen LogP contribution >= 0.6 is 12.2 Å². The number of oxazole rings is 1. The summed E-state index contributed by atoms with van der Waals surface area (Å²) in [5, 5.41) is 0. The molecule has 4 nitrogen and oxygen atoms in total. The summed E-state index contributed by atoms with van der Waals surface area (Å²) in [5.41, 5.74) is 1.52. The van der Waals surface area contributed by atoms with Gasteiger partial charge in [-0.15, -0.1) is 0 Å². The monoisotopic (exact) mass is 254 g/mol. The Morgan fingerprint density at radius 1 is 1.50 bits per heavy atom. The molecule has 1 heterocycles. The number of ether oxygens (including phenoxy) is 1. The molecule has 0 aliphatic rings. The van der Waals surface area contributed by atoms with Gasteiger partial charge in [-0.05, 0) is 35.0 Å². The first-order valence-electron chi connectivity index (χ1n) is 4.52. The first kappa shape index (κ1) is 11.2. The molecule has 0 saturated heterocycles. The van der Waals surface area contributed by atoms with Gasteiger partial charge in [0.25, 0.3) is 0 Å². The molecule has 0 saturated carbocycles. The summed E-state index contributed by atoms with van der Waals surface area (Å²) >= 11 is 4.98. The van der Waals surface area contributed by atoms with E-state index in [1.54, 1.807) is 0 Å². The minimum absolute atomic E-state index is 0.339. The summed E-state index contributed by atoms with van der Waals surface area (Å²) in [6, 6.07) is 7.86. The summed E-state index contributed by atoms with van der Waals surface area (Å²) in [6.07, 6.45) is 1.86. The molecule has 0 aliphatic carbocycles. The zero-order valence-corrected chi connectivity index (χ0v) is 10.5. The highest BCUT2D eigenvalue weighted by atomic mass is 32.2. The van der Waals surface area contributed by atoms with Gasteiger partial charge in [0.1, 0.15) is 5.52 Å². The topological polar surface area (TPSA) is 47.6 Å². The van der Waals surface area contributed by atoms with Gasteiger partial charge in [0.05, 0.1) is 7.11 Å². The highest BCUT2D eigenvalue weighted by Crippen LogP contribution is 2.21. The smallest absolute Gasteiger partial charge is 0.329 e. The van der Waals surface area contributed by atoms with Crippen LogP contribution in [0, 0.1) is 0 Å². The number of fused-ring (bicyclic) bond motifs is 1. The third-order valence-electron chi connectivity index (χ3n) is 1.91. The highest BCUT2D eigenvalue weighted by molar-refractivity contribution is 8.13. The molecule has 2 aromatic rings. The molecule has 0 radical (unpaired) electrons. The minimum Gasteiger partial charge on any atom is -0.481 e. The number of benzene rings is 1. The molecule has 0 bridgehead atoms. The van der Waals surface area contributed by atoms with E-state index in [1.165, 1.54) is 7.11 Å². The van der Waals surface area contributed by atoms with Gasteiger partial charge in [-0.1, -0.05) is 12.1 Å². The van der Waals surface area contributed by atoms with Crippen LogP contribution in [-0.4, -0.2) is 22.7 Å². The van der Waals surface area contributed by atoms with Crippen LogP contribution in [0.5, 0.6) is 0 Å². The van der Waals surface area contributed by atoms with E-state index in [0.717, 1.165) is 11.1 Å². The largest absolute Gasteiger partial charge is 0.481 e. The number of hydrogen-bond donors (Lipinski definition) is 0. The maximum absolute atomic E-state index is 5.45. The molecule has 1 unspecified atom stereocenters. The summed E-state index contributed by atoms with van der Waals surface area (Å²) in [7, 11) is 1.02. The molecule has 84 valence electrons. The summed E-state index contributed by atoms with van der Waals surface area (Å²) < 4.78 is 15.1. The van der Waals surface area contributed by atoms with Gasteiger partial charge in [-0.25, -0.2) is 0 Å². The van der Waals surface area contributed by atoms with E-state index in [2.05, 4.69) is 9.35 Å². The van der Waals surface area contributed by atoms with E-state index in [0.29, 0.717) is 10.4 Å². The Bertz CT molecular complexity index is 530. The number of thiocarbonyl (C=S) groups is 1. The second kappa shape index (κ2) is 4.71. The molecule has 2 rings (SSSR count). The van der Waals surface area contributed by atoms with Crippen LogP contribution in [0.3, 0.4) is 0 Å². The number of para-hydroxylation sites is 2. The second-order valence-corrected chi connectivity index (χ2v) is 5.13. The highest BCUT2D eigenvalue weighted by Gasteiger charge is 2.05. The first-order chi connectivity index (χ1) is 7.70. The quantitative estimate of drug-likeness (QED) is 0.734. The molecule has 1 aromatic heterocycles. The van der Waals surface area contributed by atoms with E-state index in [9.17, 15) is 0 Å². The number of hydrogen-bond acceptors (Lipinski definition) is 5. The van der Waals surface area contributed by atoms with E-state index < -0.39 is 10.7 Å². The van der Waals surface area contributed by atoms with E-state index in [4.69, 9.17) is 21.4 Å². The van der Waals surface area contributed by atoms with Gasteiger partial charge < -0.3 is 9.15 Å². The fourth-order valence-electron chi connectivity index (χ4n) is 1.17. The van der Waals surface area contributed by atoms with Crippen LogP contribution < -0.4 is 0 Å². The lowest BCUT2D eigenvalue weighted by molar-refractivity contribution is 0.426. The summed E-state index contributed by atoms with van der Waals surface area (Å²) in [6.45, 7) is 0. The average Bonchev–Trinajstić information content (AvgIpc) is 2.69. The molecular weight excluding hydrogens is 244 g/mol. The van der Waals surface area contributed by atoms with Gasteiger partial charge in [0.2, 0.25) is 4.38 Å². The van der Waals surface area contributed by atoms with Crippen molar-refractivity contribution in [1.82, 2.24) is 4.98 Å². The SMILES string of the molecule is COC(=S)S(C)=Nc1nc2ccccc2o1. The Balaban J connectivity index is 2.38. The Morgan fingerprint density at radius 3 is 2.94 bits per heavy atom. The van der Waals surface area contributed by atoms with Crippen molar-refractivity contribution in [2.75, 3.05) is 13.4 Å². The molecule has 16 heavy (non-hydrogen) atoms. The lowest BCUT2D eigenvalue weighted by Crippen LogP contribution is -2.03. The molecule has 0 aliphatic heterocycles. The van der Waals surface area contributed by atoms with Gasteiger partial charge in [0, 0.05) is 6.26 Å². The first-order valence-corrected chi connectivity index (χ1v) is 6.52. The van der Waals surface area contributed by atoms with Gasteiger partial charge in [0.15, 0.2) is 5.58 Å². The molecule has 0 spiro atoms. The van der Waals surface area contributed by atoms with E-state index in [1.807, 2.05) is 30.5 Å². The van der Waals surface area contributed by atoms with Gasteiger partial charge in [-0.3, -0.25) is 0 Å². The molecule has 1 aromatic carbocycles. The zero-order chi connectivity index (χ0) is 11.5. The van der Waals surface area contributed by atoms with Crippen LogP contribution in [-0.2, 0) is 15.4 Å². The zero-order valence-electron chi connectivity index (χ0n) is 8.84.